The monoisotopic (exact) mass is 546 g/mol. The Morgan fingerprint density at radius 1 is 1.03 bits per heavy atom. The largest absolute Gasteiger partial charge is 0.495 e. The number of ether oxygens (including phenoxy) is 4. The Bertz CT molecular complexity index is 1220. The van der Waals surface area contributed by atoms with Crippen molar-refractivity contribution in [3.63, 3.8) is 0 Å². The van der Waals surface area contributed by atoms with Crippen molar-refractivity contribution in [2.24, 2.45) is 0 Å². The van der Waals surface area contributed by atoms with E-state index in [1.807, 2.05) is 12.1 Å². The molecule has 2 fully saturated rings. The number of nitrogens with zero attached hydrogens (tertiary/aromatic N) is 3. The molecule has 1 N–H and O–H groups in total. The Hall–Kier alpha value is -2.52. The first kappa shape index (κ1) is 26.1. The number of methoxy groups -OCH3 is 1. The van der Waals surface area contributed by atoms with E-state index >= 15 is 0 Å². The van der Waals surface area contributed by atoms with Gasteiger partial charge in [0.2, 0.25) is 5.95 Å². The van der Waals surface area contributed by atoms with Crippen LogP contribution in [0.3, 0.4) is 0 Å². The number of likely N-dealkylation sites (tertiary alicyclic amines) is 1. The average Bonchev–Trinajstić information content (AvgIpc) is 2.91. The van der Waals surface area contributed by atoms with Gasteiger partial charge in [-0.15, -0.1) is 0 Å². The van der Waals surface area contributed by atoms with Gasteiger partial charge in [0.05, 0.1) is 40.4 Å². The zero-order chi connectivity index (χ0) is 25.6. The van der Waals surface area contributed by atoms with E-state index in [1.54, 1.807) is 25.4 Å². The molecular formula is C27H32Cl2N4O4. The third-order valence-corrected chi connectivity index (χ3v) is 7.25. The van der Waals surface area contributed by atoms with E-state index in [0.29, 0.717) is 57.7 Å². The maximum Gasteiger partial charge on any atom is 0.227 e. The molecule has 0 radical (unpaired) electrons. The molecule has 0 amide bonds. The van der Waals surface area contributed by atoms with E-state index in [0.717, 1.165) is 44.3 Å². The molecule has 1 aromatic heterocycles. The molecule has 198 valence electrons. The second-order valence-electron chi connectivity index (χ2n) is 9.30. The van der Waals surface area contributed by atoms with Crippen molar-refractivity contribution in [1.82, 2.24) is 14.9 Å². The van der Waals surface area contributed by atoms with Crippen LogP contribution in [0.4, 0.5) is 11.6 Å². The lowest BCUT2D eigenvalue weighted by atomic mass is 10.1. The molecule has 3 aromatic rings. The Morgan fingerprint density at radius 3 is 2.68 bits per heavy atom. The number of piperidine rings is 1. The molecule has 2 aromatic carbocycles. The van der Waals surface area contributed by atoms with Gasteiger partial charge in [0.25, 0.3) is 0 Å². The maximum absolute atomic E-state index is 6.39. The molecule has 8 nitrogen and oxygen atoms in total. The topological polar surface area (TPSA) is 78.0 Å². The summed E-state index contributed by atoms with van der Waals surface area (Å²) in [4.78, 5) is 11.7. The van der Waals surface area contributed by atoms with Crippen LogP contribution >= 0.6 is 23.2 Å². The summed E-state index contributed by atoms with van der Waals surface area (Å²) in [5.41, 5.74) is 1.28. The first-order chi connectivity index (χ1) is 18.1. The van der Waals surface area contributed by atoms with Crippen LogP contribution in [0, 0.1) is 0 Å². The van der Waals surface area contributed by atoms with Crippen LogP contribution in [-0.4, -0.2) is 61.1 Å². The second kappa shape index (κ2) is 12.3. The number of hydrogen-bond donors (Lipinski definition) is 1. The van der Waals surface area contributed by atoms with Crippen molar-refractivity contribution in [2.75, 3.05) is 45.3 Å². The highest BCUT2D eigenvalue weighted by Gasteiger charge is 2.19. The van der Waals surface area contributed by atoms with Crippen molar-refractivity contribution in [3.05, 3.63) is 40.5 Å². The fraction of sp³-hybridized carbons (Fsp3) is 0.481. The number of anilines is 2. The Kier molecular flexibility index (Phi) is 8.71. The van der Waals surface area contributed by atoms with E-state index in [1.165, 1.54) is 19.3 Å². The molecule has 37 heavy (non-hydrogen) atoms. The van der Waals surface area contributed by atoms with E-state index in [4.69, 9.17) is 47.1 Å². The molecular weight excluding hydrogens is 515 g/mol. The van der Waals surface area contributed by atoms with Crippen molar-refractivity contribution in [3.8, 4) is 17.2 Å². The minimum Gasteiger partial charge on any atom is -0.495 e. The minimum atomic E-state index is -0.293. The smallest absolute Gasteiger partial charge is 0.227 e. The standard InChI is InChI=1S/C27H32Cl2N4O4/c1-34-25-16-23(20(28)15-21(25)29)32-27-30-17-19-22(31-27)13-18(35-12-10-33-8-4-2-5-9-33)14-24(19)37-26-7-3-6-11-36-26/h13-17,26H,2-12H2,1H3,(H,30,31,32). The molecule has 1 unspecified atom stereocenters. The van der Waals surface area contributed by atoms with Crippen LogP contribution in [0.25, 0.3) is 10.9 Å². The van der Waals surface area contributed by atoms with Crippen molar-refractivity contribution in [2.45, 2.75) is 44.8 Å². The molecule has 5 rings (SSSR count). The lowest BCUT2D eigenvalue weighted by Crippen LogP contribution is -2.33. The van der Waals surface area contributed by atoms with Crippen LogP contribution in [0.15, 0.2) is 30.5 Å². The van der Waals surface area contributed by atoms with Crippen molar-refractivity contribution in [1.29, 1.82) is 0 Å². The molecule has 2 saturated heterocycles. The van der Waals surface area contributed by atoms with Crippen LogP contribution in [-0.2, 0) is 4.74 Å². The SMILES string of the molecule is COc1cc(Nc2ncc3c(OC4CCCCO4)cc(OCCN4CCCCC4)cc3n2)c(Cl)cc1Cl. The summed E-state index contributed by atoms with van der Waals surface area (Å²) in [6.07, 6.45) is 8.24. The second-order valence-corrected chi connectivity index (χ2v) is 10.1. The van der Waals surface area contributed by atoms with E-state index in [2.05, 4.69) is 15.2 Å². The number of halogens is 2. The number of benzene rings is 2. The average molecular weight is 547 g/mol. The molecule has 3 heterocycles. The third-order valence-electron chi connectivity index (χ3n) is 6.65. The van der Waals surface area contributed by atoms with Crippen LogP contribution < -0.4 is 19.5 Å². The number of hydrogen-bond acceptors (Lipinski definition) is 8. The van der Waals surface area contributed by atoms with Crippen LogP contribution in [0.5, 0.6) is 17.2 Å². The predicted octanol–water partition coefficient (Wildman–Crippen LogP) is 6.46. The molecule has 2 aliphatic heterocycles. The Labute approximate surface area is 227 Å². The fourth-order valence-corrected chi connectivity index (χ4v) is 5.15. The van der Waals surface area contributed by atoms with E-state index in [9.17, 15) is 0 Å². The van der Waals surface area contributed by atoms with Crippen LogP contribution in [0.1, 0.15) is 38.5 Å². The maximum atomic E-state index is 6.39. The Morgan fingerprint density at radius 2 is 1.89 bits per heavy atom. The van der Waals surface area contributed by atoms with Gasteiger partial charge < -0.3 is 24.3 Å². The summed E-state index contributed by atoms with van der Waals surface area (Å²) >= 11 is 12.6. The van der Waals surface area contributed by atoms with Crippen LogP contribution in [0.2, 0.25) is 10.0 Å². The van der Waals surface area contributed by atoms with Gasteiger partial charge >= 0.3 is 0 Å². The van der Waals surface area contributed by atoms with Gasteiger partial charge in [0.1, 0.15) is 23.9 Å². The highest BCUT2D eigenvalue weighted by molar-refractivity contribution is 6.37. The quantitative estimate of drug-likeness (QED) is 0.327. The number of fused-ring (bicyclic) bond motifs is 1. The highest BCUT2D eigenvalue weighted by Crippen LogP contribution is 2.36. The summed E-state index contributed by atoms with van der Waals surface area (Å²) in [5.74, 6) is 2.23. The summed E-state index contributed by atoms with van der Waals surface area (Å²) < 4.78 is 23.6. The normalized spacial score (nSPS) is 18.5. The fourth-order valence-electron chi connectivity index (χ4n) is 4.64. The van der Waals surface area contributed by atoms with Crippen molar-refractivity contribution >= 4 is 45.7 Å². The van der Waals surface area contributed by atoms with Crippen molar-refractivity contribution < 1.29 is 18.9 Å². The number of rotatable bonds is 9. The molecule has 1 atom stereocenters. The number of aromatic nitrogens is 2. The summed E-state index contributed by atoms with van der Waals surface area (Å²) in [6.45, 7) is 4.46. The third kappa shape index (κ3) is 6.68. The minimum absolute atomic E-state index is 0.293. The first-order valence-electron chi connectivity index (χ1n) is 12.8. The van der Waals surface area contributed by atoms with Gasteiger partial charge in [0.15, 0.2) is 6.29 Å². The molecule has 0 aliphatic carbocycles. The lowest BCUT2D eigenvalue weighted by Gasteiger charge is -2.26. The zero-order valence-corrected chi connectivity index (χ0v) is 22.5. The summed E-state index contributed by atoms with van der Waals surface area (Å²) in [5, 5.41) is 4.81. The van der Waals surface area contributed by atoms with Gasteiger partial charge in [-0.3, -0.25) is 4.90 Å². The molecule has 0 bridgehead atoms. The molecule has 0 spiro atoms. The Balaban J connectivity index is 1.40. The molecule has 10 heteroatoms. The van der Waals surface area contributed by atoms with Gasteiger partial charge in [-0.2, -0.15) is 0 Å². The molecule has 2 aliphatic rings. The van der Waals surface area contributed by atoms with Gasteiger partial charge in [-0.1, -0.05) is 29.6 Å². The van der Waals surface area contributed by atoms with E-state index < -0.39 is 0 Å². The van der Waals surface area contributed by atoms with E-state index in [-0.39, 0.29) is 6.29 Å². The highest BCUT2D eigenvalue weighted by atomic mass is 35.5. The predicted molar refractivity (Wildman–Crippen MR) is 146 cm³/mol. The molecule has 0 saturated carbocycles. The summed E-state index contributed by atoms with van der Waals surface area (Å²) in [6, 6.07) is 7.16. The zero-order valence-electron chi connectivity index (χ0n) is 21.0. The van der Waals surface area contributed by atoms with Gasteiger partial charge in [-0.25, -0.2) is 9.97 Å². The lowest BCUT2D eigenvalue weighted by molar-refractivity contribution is -0.105. The first-order valence-corrected chi connectivity index (χ1v) is 13.6. The van der Waals surface area contributed by atoms with Gasteiger partial charge in [-0.05, 0) is 44.8 Å². The van der Waals surface area contributed by atoms with Gasteiger partial charge in [0, 0.05) is 37.4 Å². The number of nitrogens with one attached hydrogen (secondary N) is 1. The summed E-state index contributed by atoms with van der Waals surface area (Å²) in [7, 11) is 1.55.